The van der Waals surface area contributed by atoms with E-state index in [0.29, 0.717) is 0 Å². The van der Waals surface area contributed by atoms with Crippen LogP contribution >= 0.6 is 11.6 Å². The Bertz CT molecular complexity index is 686. The number of nitrogens with two attached hydrogens (primary N) is 1. The lowest BCUT2D eigenvalue weighted by Crippen LogP contribution is -2.25. The Balaban J connectivity index is 2.42. The number of benzene rings is 1. The van der Waals surface area contributed by atoms with Crippen molar-refractivity contribution in [1.29, 1.82) is 0 Å². The number of hydrogen-bond donors (Lipinski definition) is 2. The number of allylic oxidation sites excluding steroid dienone is 2. The van der Waals surface area contributed by atoms with Crippen molar-refractivity contribution in [2.75, 3.05) is 7.05 Å². The van der Waals surface area contributed by atoms with Crippen LogP contribution in [0, 0.1) is 0 Å². The Labute approximate surface area is 150 Å². The Hall–Kier alpha value is -1.84. The van der Waals surface area contributed by atoms with Crippen LogP contribution in [0.25, 0.3) is 5.57 Å². The van der Waals surface area contributed by atoms with Crippen LogP contribution in [0.15, 0.2) is 53.2 Å². The van der Waals surface area contributed by atoms with E-state index in [2.05, 4.69) is 29.0 Å². The van der Waals surface area contributed by atoms with Crippen molar-refractivity contribution in [3.8, 4) is 0 Å². The van der Waals surface area contributed by atoms with Gasteiger partial charge in [-0.15, -0.1) is 0 Å². The molecule has 0 saturated carbocycles. The van der Waals surface area contributed by atoms with E-state index in [1.54, 1.807) is 13.4 Å². The largest absolute Gasteiger partial charge is 0.353 e. The third-order valence-electron chi connectivity index (χ3n) is 4.33. The van der Waals surface area contributed by atoms with E-state index in [4.69, 9.17) is 17.3 Å². The number of rotatable bonds is 4. The van der Waals surface area contributed by atoms with Gasteiger partial charge in [0.1, 0.15) is 0 Å². The van der Waals surface area contributed by atoms with Crippen LogP contribution in [0.3, 0.4) is 0 Å². The first-order valence-electron chi connectivity index (χ1n) is 8.27. The summed E-state index contributed by atoms with van der Waals surface area (Å²) in [6.45, 7) is 6.21. The van der Waals surface area contributed by atoms with Gasteiger partial charge in [-0.1, -0.05) is 35.9 Å². The molecular formula is C20H26ClN3. The summed E-state index contributed by atoms with van der Waals surface area (Å²) in [6, 6.07) is 5.90. The molecule has 0 amide bonds. The van der Waals surface area contributed by atoms with Gasteiger partial charge in [-0.05, 0) is 67.0 Å². The average Bonchev–Trinajstić information content (AvgIpc) is 2.64. The second-order valence-electron chi connectivity index (χ2n) is 6.17. The van der Waals surface area contributed by atoms with Gasteiger partial charge in [0.2, 0.25) is 0 Å². The van der Waals surface area contributed by atoms with Crippen LogP contribution < -0.4 is 11.1 Å². The molecule has 3 nitrogen and oxygen atoms in total. The molecule has 1 aromatic rings. The molecule has 0 bridgehead atoms. The Morgan fingerprint density at radius 1 is 1.38 bits per heavy atom. The smallest absolute Gasteiger partial charge is 0.0859 e. The minimum Gasteiger partial charge on any atom is -0.353 e. The first-order valence-corrected chi connectivity index (χ1v) is 8.65. The van der Waals surface area contributed by atoms with Crippen molar-refractivity contribution in [3.05, 3.63) is 64.3 Å². The molecule has 0 unspecified atom stereocenters. The quantitative estimate of drug-likeness (QED) is 0.481. The molecule has 1 aliphatic rings. The molecule has 1 aliphatic carbocycles. The molecular weight excluding hydrogens is 318 g/mol. The van der Waals surface area contributed by atoms with Crippen LogP contribution in [-0.2, 0) is 6.42 Å². The van der Waals surface area contributed by atoms with Crippen LogP contribution in [0.1, 0.15) is 37.3 Å². The second-order valence-corrected chi connectivity index (χ2v) is 6.61. The highest BCUT2D eigenvalue weighted by Gasteiger charge is 2.18. The Morgan fingerprint density at radius 3 is 2.92 bits per heavy atom. The monoisotopic (exact) mass is 343 g/mol. The van der Waals surface area contributed by atoms with Crippen molar-refractivity contribution in [2.45, 2.75) is 38.6 Å². The van der Waals surface area contributed by atoms with Crippen LogP contribution in [-0.4, -0.2) is 19.4 Å². The fourth-order valence-corrected chi connectivity index (χ4v) is 3.06. The maximum atomic E-state index is 6.56. The highest BCUT2D eigenvalue weighted by atomic mass is 35.5. The summed E-state index contributed by atoms with van der Waals surface area (Å²) in [4.78, 5) is 3.91. The summed E-state index contributed by atoms with van der Waals surface area (Å²) >= 11 is 6.26. The lowest BCUT2D eigenvalue weighted by Gasteiger charge is -2.20. The van der Waals surface area contributed by atoms with Gasteiger partial charge < -0.3 is 11.1 Å². The van der Waals surface area contributed by atoms with Crippen LogP contribution in [0.2, 0.25) is 5.02 Å². The van der Waals surface area contributed by atoms with Crippen molar-refractivity contribution < 1.29 is 0 Å². The predicted molar refractivity (Wildman–Crippen MR) is 105 cm³/mol. The van der Waals surface area contributed by atoms with E-state index in [9.17, 15) is 0 Å². The van der Waals surface area contributed by atoms with Gasteiger partial charge in [0.15, 0.2) is 0 Å². The fourth-order valence-electron chi connectivity index (χ4n) is 2.89. The molecule has 4 heteroatoms. The molecule has 0 radical (unpaired) electrons. The SMILES string of the molecule is C=C1CC/C=C(/[C@@H](N)/C(C)=C/NC=NC)c2cc(Cl)ccc2CC1. The molecule has 2 rings (SSSR count). The molecule has 0 heterocycles. The topological polar surface area (TPSA) is 50.4 Å². The summed E-state index contributed by atoms with van der Waals surface area (Å²) in [5.74, 6) is 0. The lowest BCUT2D eigenvalue weighted by atomic mass is 9.89. The Morgan fingerprint density at radius 2 is 2.17 bits per heavy atom. The highest BCUT2D eigenvalue weighted by molar-refractivity contribution is 6.30. The van der Waals surface area contributed by atoms with E-state index in [1.807, 2.05) is 25.3 Å². The number of fused-ring (bicyclic) bond motifs is 1. The molecule has 3 N–H and O–H groups in total. The first-order chi connectivity index (χ1) is 11.5. The number of aliphatic imine (C=N–C) groups is 1. The van der Waals surface area contributed by atoms with Gasteiger partial charge in [-0.25, -0.2) is 0 Å². The van der Waals surface area contributed by atoms with Crippen LogP contribution in [0.4, 0.5) is 0 Å². The first kappa shape index (κ1) is 18.5. The molecule has 0 saturated heterocycles. The summed E-state index contributed by atoms with van der Waals surface area (Å²) in [5, 5.41) is 3.78. The predicted octanol–water partition coefficient (Wildman–Crippen LogP) is 4.48. The normalized spacial score (nSPS) is 19.8. The third-order valence-corrected chi connectivity index (χ3v) is 4.57. The number of halogens is 1. The van der Waals surface area contributed by atoms with E-state index in [0.717, 1.165) is 47.4 Å². The van der Waals surface area contributed by atoms with E-state index in [-0.39, 0.29) is 6.04 Å². The summed E-state index contributed by atoms with van der Waals surface area (Å²) in [5.41, 5.74) is 12.5. The van der Waals surface area contributed by atoms with Gasteiger partial charge in [0.25, 0.3) is 0 Å². The average molecular weight is 344 g/mol. The van der Waals surface area contributed by atoms with Gasteiger partial charge in [0.05, 0.1) is 12.4 Å². The molecule has 1 aromatic carbocycles. The molecule has 128 valence electrons. The van der Waals surface area contributed by atoms with Gasteiger partial charge in [0, 0.05) is 18.3 Å². The summed E-state index contributed by atoms with van der Waals surface area (Å²) in [6.07, 6.45) is 9.71. The fraction of sp³-hybridized carbons (Fsp3) is 0.350. The Kier molecular flexibility index (Phi) is 6.83. The summed E-state index contributed by atoms with van der Waals surface area (Å²) < 4.78 is 0. The van der Waals surface area contributed by atoms with Crippen molar-refractivity contribution in [3.63, 3.8) is 0 Å². The number of hydrogen-bond acceptors (Lipinski definition) is 2. The number of aryl methyl sites for hydroxylation is 1. The summed E-state index contributed by atoms with van der Waals surface area (Å²) in [7, 11) is 1.72. The zero-order valence-corrected chi connectivity index (χ0v) is 15.2. The van der Waals surface area contributed by atoms with Crippen molar-refractivity contribution in [2.24, 2.45) is 10.7 Å². The number of nitrogens with zero attached hydrogens (tertiary/aromatic N) is 1. The molecule has 0 aliphatic heterocycles. The molecule has 0 spiro atoms. The molecule has 0 fully saturated rings. The standard InChI is InChI=1S/C20H26ClN3/c1-14-5-4-6-18(20(22)15(2)12-24-13-23-3)19-11-17(21)10-9-16(19)8-7-14/h6,9-13,20H,1,4-5,7-8,22H2,2-3H3,(H,23,24)/b15-12+,18-6+/t20-/m0/s1. The van der Waals surface area contributed by atoms with Crippen molar-refractivity contribution in [1.82, 2.24) is 5.32 Å². The van der Waals surface area contributed by atoms with Gasteiger partial charge in [-0.3, -0.25) is 4.99 Å². The van der Waals surface area contributed by atoms with Crippen LogP contribution in [0.5, 0.6) is 0 Å². The van der Waals surface area contributed by atoms with Gasteiger partial charge in [-0.2, -0.15) is 0 Å². The maximum absolute atomic E-state index is 6.56. The zero-order chi connectivity index (χ0) is 17.5. The lowest BCUT2D eigenvalue weighted by molar-refractivity contribution is 0.859. The van der Waals surface area contributed by atoms with E-state index in [1.165, 1.54) is 11.1 Å². The minimum absolute atomic E-state index is 0.189. The second kappa shape index (κ2) is 8.86. The number of nitrogens with one attached hydrogen (secondary N) is 1. The van der Waals surface area contributed by atoms with Crippen molar-refractivity contribution >= 4 is 23.5 Å². The minimum atomic E-state index is -0.189. The van der Waals surface area contributed by atoms with E-state index < -0.39 is 0 Å². The molecule has 0 aromatic heterocycles. The molecule has 1 atom stereocenters. The molecule has 24 heavy (non-hydrogen) atoms. The highest BCUT2D eigenvalue weighted by Crippen LogP contribution is 2.31. The third kappa shape index (κ3) is 4.83. The van der Waals surface area contributed by atoms with E-state index >= 15 is 0 Å². The van der Waals surface area contributed by atoms with Gasteiger partial charge >= 0.3 is 0 Å². The maximum Gasteiger partial charge on any atom is 0.0859 e. The zero-order valence-electron chi connectivity index (χ0n) is 14.5.